The van der Waals surface area contributed by atoms with Gasteiger partial charge in [-0.1, -0.05) is 15.9 Å². The highest BCUT2D eigenvalue weighted by Crippen LogP contribution is 2.27. The lowest BCUT2D eigenvalue weighted by molar-refractivity contribution is 0.240. The number of rotatable bonds is 3. The molecule has 7 nitrogen and oxygen atoms in total. The number of nitrogens with zero attached hydrogens (tertiary/aromatic N) is 3. The van der Waals surface area contributed by atoms with E-state index < -0.39 is 9.84 Å². The summed E-state index contributed by atoms with van der Waals surface area (Å²) in [6.45, 7) is 1.63. The Balaban J connectivity index is 1.61. The summed E-state index contributed by atoms with van der Waals surface area (Å²) < 4.78 is 30.5. The van der Waals surface area contributed by atoms with Crippen LogP contribution in [-0.4, -0.2) is 36.1 Å². The molecule has 28 heavy (non-hydrogen) atoms. The van der Waals surface area contributed by atoms with E-state index in [0.29, 0.717) is 47.1 Å². The van der Waals surface area contributed by atoms with Gasteiger partial charge in [-0.05, 0) is 28.1 Å². The maximum Gasteiger partial charge on any atom is 0.246 e. The van der Waals surface area contributed by atoms with Crippen molar-refractivity contribution in [2.75, 3.05) is 12.8 Å². The van der Waals surface area contributed by atoms with Gasteiger partial charge in [0.1, 0.15) is 0 Å². The second-order valence-electron chi connectivity index (χ2n) is 6.71. The minimum Gasteiger partial charge on any atom is -0.463 e. The number of halogens is 2. The van der Waals surface area contributed by atoms with Crippen LogP contribution in [0.2, 0.25) is 0 Å². The molecule has 1 aliphatic heterocycles. The van der Waals surface area contributed by atoms with Gasteiger partial charge in [-0.2, -0.15) is 0 Å². The first-order chi connectivity index (χ1) is 13.2. The Bertz CT molecular complexity index is 1260. The predicted molar refractivity (Wildman–Crippen MR) is 111 cm³/mol. The third-order valence-corrected chi connectivity index (χ3v) is 6.49. The summed E-state index contributed by atoms with van der Waals surface area (Å²) >= 11 is 6.81. The van der Waals surface area contributed by atoms with Gasteiger partial charge in [0.15, 0.2) is 11.0 Å². The van der Waals surface area contributed by atoms with Crippen LogP contribution in [0.3, 0.4) is 0 Å². The Morgan fingerprint density at radius 2 is 2.07 bits per heavy atom. The molecule has 1 aromatic carbocycles. The molecule has 0 unspecified atom stereocenters. The van der Waals surface area contributed by atoms with Crippen molar-refractivity contribution in [2.45, 2.75) is 24.7 Å². The van der Waals surface area contributed by atoms with Crippen LogP contribution in [0.15, 0.2) is 47.9 Å². The van der Waals surface area contributed by atoms with E-state index >= 15 is 0 Å². The van der Waals surface area contributed by atoms with E-state index in [4.69, 9.17) is 4.42 Å². The number of aromatic nitrogens is 2. The SMILES string of the molecule is CS(=O)(=O)c1ncc2c(n1)CCN(Cc1coc3c(Br)cc(Br)cc3c1=O)C2. The molecule has 0 saturated heterocycles. The van der Waals surface area contributed by atoms with Crippen molar-refractivity contribution in [3.63, 3.8) is 0 Å². The second kappa shape index (κ2) is 7.33. The van der Waals surface area contributed by atoms with E-state index in [2.05, 4.69) is 46.7 Å². The van der Waals surface area contributed by atoms with Crippen LogP contribution in [0.1, 0.15) is 16.8 Å². The van der Waals surface area contributed by atoms with E-state index in [0.717, 1.165) is 22.0 Å². The molecule has 0 N–H and O–H groups in total. The second-order valence-corrected chi connectivity index (χ2v) is 10.4. The Labute approximate surface area is 178 Å². The number of hydrogen-bond acceptors (Lipinski definition) is 7. The smallest absolute Gasteiger partial charge is 0.246 e. The Hall–Kier alpha value is -1.62. The minimum atomic E-state index is -3.43. The predicted octanol–water partition coefficient (Wildman–Crippen LogP) is 3.07. The summed E-state index contributed by atoms with van der Waals surface area (Å²) in [6.07, 6.45) is 4.75. The van der Waals surface area contributed by atoms with E-state index in [-0.39, 0.29) is 10.6 Å². The molecule has 0 aliphatic carbocycles. The first kappa shape index (κ1) is 19.7. The molecule has 10 heteroatoms. The molecule has 0 spiro atoms. The highest BCUT2D eigenvalue weighted by Gasteiger charge is 2.22. The summed E-state index contributed by atoms with van der Waals surface area (Å²) in [7, 11) is -3.43. The first-order valence-corrected chi connectivity index (χ1v) is 11.9. The summed E-state index contributed by atoms with van der Waals surface area (Å²) in [6, 6.07) is 3.58. The van der Waals surface area contributed by atoms with Gasteiger partial charge in [-0.15, -0.1) is 0 Å². The fourth-order valence-electron chi connectivity index (χ4n) is 3.23. The number of fused-ring (bicyclic) bond motifs is 2. The van der Waals surface area contributed by atoms with Crippen molar-refractivity contribution in [3.8, 4) is 0 Å². The van der Waals surface area contributed by atoms with Crippen LogP contribution in [-0.2, 0) is 29.3 Å². The average molecular weight is 529 g/mol. The molecular formula is C18H15Br2N3O4S. The van der Waals surface area contributed by atoms with Gasteiger partial charge in [0.25, 0.3) is 0 Å². The Kier molecular flexibility index (Phi) is 5.15. The van der Waals surface area contributed by atoms with Crippen LogP contribution in [0.5, 0.6) is 0 Å². The van der Waals surface area contributed by atoms with Gasteiger partial charge in [-0.25, -0.2) is 18.4 Å². The molecule has 0 amide bonds. The first-order valence-electron chi connectivity index (χ1n) is 8.39. The van der Waals surface area contributed by atoms with Crippen LogP contribution < -0.4 is 5.43 Å². The Morgan fingerprint density at radius 3 is 2.82 bits per heavy atom. The lowest BCUT2D eigenvalue weighted by Crippen LogP contribution is -2.32. The van der Waals surface area contributed by atoms with E-state index in [9.17, 15) is 13.2 Å². The average Bonchev–Trinajstić information content (AvgIpc) is 2.63. The van der Waals surface area contributed by atoms with Gasteiger partial charge in [-0.3, -0.25) is 9.69 Å². The van der Waals surface area contributed by atoms with Crippen LogP contribution in [0.25, 0.3) is 11.0 Å². The van der Waals surface area contributed by atoms with Crippen molar-refractivity contribution < 1.29 is 12.8 Å². The quantitative estimate of drug-likeness (QED) is 0.482. The topological polar surface area (TPSA) is 93.4 Å². The standard InChI is InChI=1S/C18H15Br2N3O4S/c1-28(25,26)18-21-6-10-7-23(3-2-15(10)22-18)8-11-9-27-17-13(16(11)24)4-12(19)5-14(17)20/h4-6,9H,2-3,7-8H2,1H3. The molecule has 0 radical (unpaired) electrons. The van der Waals surface area contributed by atoms with Crippen molar-refractivity contribution in [3.05, 3.63) is 60.6 Å². The van der Waals surface area contributed by atoms with Gasteiger partial charge in [0.2, 0.25) is 15.0 Å². The fourth-order valence-corrected chi connectivity index (χ4v) is 5.06. The number of hydrogen-bond donors (Lipinski definition) is 0. The van der Waals surface area contributed by atoms with Crippen LogP contribution in [0, 0.1) is 0 Å². The summed E-state index contributed by atoms with van der Waals surface area (Å²) in [5, 5.41) is 0.364. The van der Waals surface area contributed by atoms with Crippen molar-refractivity contribution in [2.24, 2.45) is 0 Å². The van der Waals surface area contributed by atoms with Crippen LogP contribution >= 0.6 is 31.9 Å². The van der Waals surface area contributed by atoms with Gasteiger partial charge < -0.3 is 4.42 Å². The molecule has 0 bridgehead atoms. The Morgan fingerprint density at radius 1 is 1.29 bits per heavy atom. The summed E-state index contributed by atoms with van der Waals surface area (Å²) in [5.74, 6) is 0. The molecule has 3 aromatic rings. The highest BCUT2D eigenvalue weighted by atomic mass is 79.9. The van der Waals surface area contributed by atoms with Crippen molar-refractivity contribution in [1.29, 1.82) is 0 Å². The fraction of sp³-hybridized carbons (Fsp3) is 0.278. The van der Waals surface area contributed by atoms with Crippen molar-refractivity contribution >= 4 is 52.7 Å². The van der Waals surface area contributed by atoms with E-state index in [1.165, 1.54) is 6.26 Å². The van der Waals surface area contributed by atoms with Gasteiger partial charge in [0, 0.05) is 54.1 Å². The minimum absolute atomic E-state index is 0.0716. The third kappa shape index (κ3) is 3.78. The monoisotopic (exact) mass is 527 g/mol. The summed E-state index contributed by atoms with van der Waals surface area (Å²) in [4.78, 5) is 23.1. The molecule has 0 atom stereocenters. The summed E-state index contributed by atoms with van der Waals surface area (Å²) in [5.41, 5.74) is 2.62. The molecule has 3 heterocycles. The molecule has 0 saturated carbocycles. The zero-order valence-electron chi connectivity index (χ0n) is 14.8. The lowest BCUT2D eigenvalue weighted by atomic mass is 10.1. The third-order valence-electron chi connectivity index (χ3n) is 4.58. The lowest BCUT2D eigenvalue weighted by Gasteiger charge is -2.27. The maximum absolute atomic E-state index is 12.9. The molecule has 2 aromatic heterocycles. The molecular weight excluding hydrogens is 514 g/mol. The van der Waals surface area contributed by atoms with Gasteiger partial charge >= 0.3 is 0 Å². The van der Waals surface area contributed by atoms with Crippen LogP contribution in [0.4, 0.5) is 0 Å². The molecule has 1 aliphatic rings. The molecule has 4 rings (SSSR count). The van der Waals surface area contributed by atoms with E-state index in [1.54, 1.807) is 12.3 Å². The number of sulfone groups is 1. The maximum atomic E-state index is 12.9. The molecule has 146 valence electrons. The molecule has 0 fully saturated rings. The van der Waals surface area contributed by atoms with Crippen molar-refractivity contribution in [1.82, 2.24) is 14.9 Å². The zero-order chi connectivity index (χ0) is 20.1. The van der Waals surface area contributed by atoms with Gasteiger partial charge in [0.05, 0.1) is 21.8 Å². The van der Waals surface area contributed by atoms with E-state index in [1.807, 2.05) is 6.07 Å². The highest BCUT2D eigenvalue weighted by molar-refractivity contribution is 9.11. The largest absolute Gasteiger partial charge is 0.463 e. The normalized spacial score (nSPS) is 15.0. The number of benzene rings is 1. The zero-order valence-corrected chi connectivity index (χ0v) is 18.8.